The second-order valence-electron chi connectivity index (χ2n) is 34.1. The number of morpholine rings is 1. The van der Waals surface area contributed by atoms with Gasteiger partial charge in [0.15, 0.2) is 57.8 Å². The summed E-state index contributed by atoms with van der Waals surface area (Å²) < 4.78 is 119. The molecule has 5 aromatic carbocycles. The van der Waals surface area contributed by atoms with Crippen LogP contribution in [0.1, 0.15) is 138 Å². The highest BCUT2D eigenvalue weighted by Gasteiger charge is 2.29. The quantitative estimate of drug-likeness (QED) is 0.0167. The van der Waals surface area contributed by atoms with Crippen molar-refractivity contribution in [1.29, 1.82) is 0 Å². The summed E-state index contributed by atoms with van der Waals surface area (Å²) in [4.78, 5) is 57.1. The van der Waals surface area contributed by atoms with Crippen molar-refractivity contribution in [3.05, 3.63) is 297 Å². The zero-order valence-corrected chi connectivity index (χ0v) is 86.6. The number of pyridine rings is 5. The number of imidazole rings is 5. The molecule has 5 unspecified atom stereocenters. The van der Waals surface area contributed by atoms with Gasteiger partial charge < -0.3 is 90.0 Å². The number of nitrogens with one attached hydrogen (secondary N) is 1. The number of carbonyl (C=O) groups is 1. The largest absolute Gasteiger partial charge is 0.482 e. The summed E-state index contributed by atoms with van der Waals surface area (Å²) in [7, 11) is 1.87. The molecule has 0 bridgehead atoms. The van der Waals surface area contributed by atoms with E-state index in [1.807, 2.05) is 54.2 Å². The van der Waals surface area contributed by atoms with Gasteiger partial charge in [0.2, 0.25) is 0 Å². The van der Waals surface area contributed by atoms with E-state index in [2.05, 4.69) is 64.6 Å². The molecule has 5 atom stereocenters. The van der Waals surface area contributed by atoms with Gasteiger partial charge in [-0.3, -0.25) is 9.69 Å². The molecule has 0 amide bonds. The van der Waals surface area contributed by atoms with Crippen LogP contribution in [0.4, 0.5) is 51.0 Å². The number of hydrogen-bond acceptors (Lipinski definition) is 25. The standard InChI is InChI=1S/C22H24Cl2FN5O2.C22H23Cl2FN4O3.C21H22Cl2FN5O.2C17H15Cl2FN4O/c1-14(20-16(23)2-3-17(25)21(20)24)32-19-10-15(11-27-22(19)26)18-12-30(13-28-18)5-4-29-6-8-31-9-7-29;1-12(19-14(23)5-6-15(25)20(19)24)31-17-7-13(8-27-21(17)26)16-9-29(11-28-16)10-18(30)32-22(2,3)4;1-12(19-15(22)2-3-16(24)20(19)23)30-18-8-13(9-27-21(18)25)17-10-29(11-28-17)14-4-6-26-7-5-14;1-9(15-11(18)3-4-12(20)16(15)19)25-14-5-10(6-22-17(14)21)13-7-24(2)8-23-13;1-9-7-24(8-23-9)11-5-14(17(21)22-6-11)25-10(2)15-12(18)3-4-13(20)16(15)19/h2-3,10-14H,4-9H2,1H3,(H2,26,27);5-9,11-12H,10H2,1-4H3,(H2,26,27);2-3,8-12,14,26H,4-7H2,1H3,(H2,25,27);3-9H,1-2H3,(H2,21,22);3-8,10H,1-2H3,(H2,21,22). The van der Waals surface area contributed by atoms with E-state index in [0.29, 0.717) is 88.2 Å². The highest BCUT2D eigenvalue weighted by atomic mass is 35.5. The first-order valence-electron chi connectivity index (χ1n) is 44.6. The third-order valence-corrected chi connectivity index (χ3v) is 25.9. The highest BCUT2D eigenvalue weighted by Crippen LogP contribution is 2.45. The number of anilines is 5. The Balaban J connectivity index is 0.000000151. The molecule has 0 aliphatic carbocycles. The molecule has 11 N–H and O–H groups in total. The Hall–Kier alpha value is -12.2. The molecule has 17 rings (SSSR count). The molecule has 12 heterocycles. The minimum atomic E-state index is -0.699. The number of nitrogens with two attached hydrogens (primary N) is 5. The van der Waals surface area contributed by atoms with Gasteiger partial charge >= 0.3 is 5.97 Å². The molecule has 10 aromatic heterocycles. The minimum Gasteiger partial charge on any atom is -0.482 e. The normalized spacial score (nSPS) is 13.8. The molecule has 2 aliphatic heterocycles. The lowest BCUT2D eigenvalue weighted by Crippen LogP contribution is -2.38. The number of rotatable bonds is 26. The Bertz CT molecular complexity index is 6890. The second-order valence-corrected chi connectivity index (χ2v) is 38.0. The number of nitrogen functional groups attached to an aromatic ring is 5. The van der Waals surface area contributed by atoms with Crippen LogP contribution in [0.15, 0.2) is 185 Å². The van der Waals surface area contributed by atoms with Gasteiger partial charge in [0.05, 0.1) is 110 Å². The Morgan fingerprint density at radius 3 is 1.11 bits per heavy atom. The number of aromatic nitrogens is 15. The van der Waals surface area contributed by atoms with Crippen molar-refractivity contribution in [3.8, 4) is 79.5 Å². The summed E-state index contributed by atoms with van der Waals surface area (Å²) in [6.07, 6.45) is 24.8. The first kappa shape index (κ1) is 109. The van der Waals surface area contributed by atoms with E-state index in [1.54, 1.807) is 145 Å². The number of hydrogen-bond donors (Lipinski definition) is 6. The molecule has 758 valence electrons. The van der Waals surface area contributed by atoms with Crippen molar-refractivity contribution < 1.29 is 59.9 Å². The average molecular weight is 2170 g/mol. The number of aryl methyl sites for hydroxylation is 2. The van der Waals surface area contributed by atoms with Gasteiger partial charge in [-0.15, -0.1) is 0 Å². The van der Waals surface area contributed by atoms with Crippen LogP contribution in [0.5, 0.6) is 28.7 Å². The molecular weight excluding hydrogens is 2070 g/mol. The first-order chi connectivity index (χ1) is 68.5. The summed E-state index contributed by atoms with van der Waals surface area (Å²) in [6, 6.07) is 22.3. The number of halogens is 15. The maximum absolute atomic E-state index is 13.9. The Labute approximate surface area is 876 Å². The lowest BCUT2D eigenvalue weighted by Gasteiger charge is -2.26. The van der Waals surface area contributed by atoms with Gasteiger partial charge in [-0.1, -0.05) is 116 Å². The Morgan fingerprint density at radius 1 is 0.424 bits per heavy atom. The van der Waals surface area contributed by atoms with Crippen LogP contribution in [0.2, 0.25) is 50.2 Å². The van der Waals surface area contributed by atoms with E-state index in [1.165, 1.54) is 73.2 Å². The minimum absolute atomic E-state index is 0.0175. The molecule has 0 spiro atoms. The number of piperidine rings is 1. The topological polar surface area (TPSA) is 381 Å². The van der Waals surface area contributed by atoms with Crippen molar-refractivity contribution in [1.82, 2.24) is 82.9 Å². The Morgan fingerprint density at radius 2 is 0.757 bits per heavy atom. The predicted octanol–water partition coefficient (Wildman–Crippen LogP) is 24.3. The SMILES string of the molecule is CC(Oc1cc(-c2cn(C)cn2)cnc1N)c1c(Cl)ccc(F)c1Cl.CC(Oc1cc(-c2cn(C3CCNCC3)cn2)cnc1N)c1c(Cl)ccc(F)c1Cl.CC(Oc1cc(-c2cn(CC(=O)OC(C)(C)C)cn2)cnc1N)c1c(Cl)ccc(F)c1Cl.CC(Oc1cc(-c2cn(CCN3CCOCC3)cn2)cnc1N)c1c(Cl)ccc(F)c1Cl.Cc1cn(-c2cnc(N)c(OC(C)c3c(Cl)ccc(F)c3Cl)c2)cn1. The summed E-state index contributed by atoms with van der Waals surface area (Å²) in [5, 5.41) is 4.47. The van der Waals surface area contributed by atoms with E-state index in [4.69, 9.17) is 178 Å². The van der Waals surface area contributed by atoms with E-state index in [9.17, 15) is 26.7 Å². The van der Waals surface area contributed by atoms with Gasteiger partial charge in [-0.2, -0.15) is 0 Å². The van der Waals surface area contributed by atoms with Crippen LogP contribution in [0, 0.1) is 36.0 Å². The summed E-state index contributed by atoms with van der Waals surface area (Å²) in [5.74, 6) is -0.633. The van der Waals surface area contributed by atoms with Gasteiger partial charge in [0.25, 0.3) is 0 Å². The van der Waals surface area contributed by atoms with E-state index in [0.717, 1.165) is 110 Å². The maximum atomic E-state index is 13.9. The molecule has 45 heteroatoms. The lowest BCUT2D eigenvalue weighted by molar-refractivity contribution is -0.155. The van der Waals surface area contributed by atoms with Crippen LogP contribution in [0.25, 0.3) is 50.7 Å². The van der Waals surface area contributed by atoms with Crippen LogP contribution < -0.4 is 57.7 Å². The third-order valence-electron chi connectivity index (χ3n) is 22.3. The highest BCUT2D eigenvalue weighted by molar-refractivity contribution is 6.38. The molecule has 0 saturated carbocycles. The second kappa shape index (κ2) is 49.1. The third kappa shape index (κ3) is 28.1. The molecule has 2 saturated heterocycles. The van der Waals surface area contributed by atoms with E-state index >= 15 is 0 Å². The molecule has 30 nitrogen and oxygen atoms in total. The Kier molecular flexibility index (Phi) is 37.2. The molecule has 15 aromatic rings. The zero-order chi connectivity index (χ0) is 104. The monoisotopic (exact) mass is 2170 g/mol. The lowest BCUT2D eigenvalue weighted by atomic mass is 10.1. The van der Waals surface area contributed by atoms with Gasteiger partial charge in [-0.25, -0.2) is 71.8 Å². The van der Waals surface area contributed by atoms with Crippen LogP contribution >= 0.6 is 116 Å². The van der Waals surface area contributed by atoms with Crippen molar-refractivity contribution in [3.63, 3.8) is 0 Å². The number of esters is 1. The van der Waals surface area contributed by atoms with Crippen molar-refractivity contribution in [2.75, 3.05) is 74.6 Å². The van der Waals surface area contributed by atoms with E-state index in [-0.39, 0.29) is 77.5 Å². The van der Waals surface area contributed by atoms with Gasteiger partial charge in [-0.05, 0) is 173 Å². The van der Waals surface area contributed by atoms with Gasteiger partial charge in [0.1, 0.15) is 71.8 Å². The van der Waals surface area contributed by atoms with Crippen molar-refractivity contribution in [2.24, 2.45) is 7.05 Å². The fourth-order valence-corrected chi connectivity index (χ4v) is 18.4. The number of carbonyl (C=O) groups excluding carboxylic acids is 1. The molecule has 2 aliphatic rings. The molecule has 2 fully saturated rings. The summed E-state index contributed by atoms with van der Waals surface area (Å²) in [5.41, 5.74) is 38.2. The van der Waals surface area contributed by atoms with Crippen molar-refractivity contribution in [2.45, 2.75) is 130 Å². The maximum Gasteiger partial charge on any atom is 0.326 e. The van der Waals surface area contributed by atoms with E-state index < -0.39 is 65.2 Å². The smallest absolute Gasteiger partial charge is 0.326 e. The fourth-order valence-electron chi connectivity index (χ4n) is 15.0. The number of benzene rings is 5. The molecular formula is C99H99Cl10F5N22O8. The van der Waals surface area contributed by atoms with Crippen molar-refractivity contribution >= 4 is 151 Å². The fraction of sp³-hybridized carbons (Fsp3) is 0.283. The van der Waals surface area contributed by atoms with Gasteiger partial charge in [0, 0.05) is 176 Å². The van der Waals surface area contributed by atoms with Crippen LogP contribution in [-0.2, 0) is 34.4 Å². The van der Waals surface area contributed by atoms with Crippen LogP contribution in [-0.4, -0.2) is 135 Å². The van der Waals surface area contributed by atoms with Crippen LogP contribution in [0.3, 0.4) is 0 Å². The zero-order valence-electron chi connectivity index (χ0n) is 79.0. The average Bonchev–Trinajstić information content (AvgIpc) is 0.828. The summed E-state index contributed by atoms with van der Waals surface area (Å²) >= 11 is 61.2. The number of nitrogens with zero attached hydrogens (tertiary/aromatic N) is 16. The molecule has 0 radical (unpaired) electrons. The predicted molar refractivity (Wildman–Crippen MR) is 553 cm³/mol. The first-order valence-corrected chi connectivity index (χ1v) is 48.4. The molecule has 144 heavy (non-hydrogen) atoms. The number of ether oxygens (including phenoxy) is 7. The summed E-state index contributed by atoms with van der Waals surface area (Å²) in [6.45, 7) is 23.1.